The molecular formula is C47H78N14O14. The third-order valence-corrected chi connectivity index (χ3v) is 12.4. The highest BCUT2D eigenvalue weighted by molar-refractivity contribution is 5.99. The minimum absolute atomic E-state index is 0.0307. The largest absolute Gasteiger partial charge is 0.481 e. The highest BCUT2D eigenvalue weighted by Crippen LogP contribution is 2.22. The fraction of sp³-hybridized carbons (Fsp3) is 0.681. The molecule has 0 bridgehead atoms. The van der Waals surface area contributed by atoms with Gasteiger partial charge in [-0.3, -0.25) is 52.9 Å². The summed E-state index contributed by atoms with van der Waals surface area (Å²) in [5.74, 6) is -13.4. The predicted octanol–water partition coefficient (Wildman–Crippen LogP) is -2.84. The van der Waals surface area contributed by atoms with Gasteiger partial charge in [0.25, 0.3) is 0 Å². The highest BCUT2D eigenvalue weighted by atomic mass is 16.4. The first kappa shape index (κ1) is 63.7. The van der Waals surface area contributed by atoms with E-state index in [4.69, 9.17) is 17.2 Å². The number of carbonyl (C=O) groups excluding carboxylic acids is 8. The van der Waals surface area contributed by atoms with Gasteiger partial charge < -0.3 is 79.6 Å². The number of aromatic nitrogens is 2. The lowest BCUT2D eigenvalue weighted by Gasteiger charge is -2.32. The van der Waals surface area contributed by atoms with E-state index in [1.54, 1.807) is 55.4 Å². The first-order valence-corrected chi connectivity index (χ1v) is 25.0. The van der Waals surface area contributed by atoms with Crippen molar-refractivity contribution in [3.63, 3.8) is 0 Å². The van der Waals surface area contributed by atoms with Crippen LogP contribution in [0.2, 0.25) is 0 Å². The SMILES string of the molecule is CC[C@H](C)[C@H](N)C(=O)N[C@@H](CC(=O)O)C(=O)N[C@H](C(=O)N[C@@H](Cc1cnc[nH]1)C(=O)N[C@@H](CC(C)C)C(=O)N[C@H](C(=O)N1CCC[C@H]1C(=O)N[C@@H](CC(=O)O)C(=O)N[C@@H](CCCN=C(N)N)C(=O)O)C(C)C)C(C)C. The van der Waals surface area contributed by atoms with Gasteiger partial charge >= 0.3 is 17.9 Å². The van der Waals surface area contributed by atoms with Crippen LogP contribution < -0.4 is 54.4 Å². The standard InChI is InChI=1S/C47H78N14O14/c1-9-25(8)35(48)43(71)57-31(19-34(64)65)41(69)59-36(23(4)5)44(72)58-29(17-26-20-51-21-53-26)38(66)55-28(16-22(2)3)40(68)60-37(24(6)7)45(73)61-15-11-13-32(61)42(70)56-30(18-33(62)63)39(67)54-27(46(74)75)12-10-14-52-47(49)50/h20-25,27-32,35-37H,9-19,48H2,1-8H3,(H,51,53)(H,54,67)(H,55,66)(H,56,70)(H,57,71)(H,58,72)(H,59,69)(H,60,68)(H,62,63)(H,64,65)(H,74,75)(H4,49,50,52)/t25-,27-,28-,29-,30-,31-,32-,35-,36-,37-/m0/s1. The maximum Gasteiger partial charge on any atom is 0.326 e. The Hall–Kier alpha value is -7.39. The summed E-state index contributed by atoms with van der Waals surface area (Å²) in [5, 5.41) is 46.4. The molecule has 420 valence electrons. The first-order valence-electron chi connectivity index (χ1n) is 25.0. The van der Waals surface area contributed by atoms with Crippen LogP contribution in [0.15, 0.2) is 17.5 Å². The fourth-order valence-corrected chi connectivity index (χ4v) is 7.95. The minimum atomic E-state index is -1.75. The molecule has 1 aliphatic rings. The number of guanidine groups is 1. The van der Waals surface area contributed by atoms with Crippen molar-refractivity contribution in [3.8, 4) is 0 Å². The van der Waals surface area contributed by atoms with Crippen molar-refractivity contribution in [2.45, 2.75) is 168 Å². The van der Waals surface area contributed by atoms with Gasteiger partial charge in [-0.1, -0.05) is 61.8 Å². The lowest BCUT2D eigenvalue weighted by molar-refractivity contribution is -0.145. The summed E-state index contributed by atoms with van der Waals surface area (Å²) in [5.41, 5.74) is 17.0. The molecule has 2 rings (SSSR count). The third-order valence-electron chi connectivity index (χ3n) is 12.4. The number of nitrogens with one attached hydrogen (secondary N) is 8. The molecular weight excluding hydrogens is 985 g/mol. The Labute approximate surface area is 435 Å². The molecule has 2 heterocycles. The molecule has 0 aliphatic carbocycles. The second-order valence-electron chi connectivity index (χ2n) is 19.8. The number of hydrogen-bond acceptors (Lipinski definition) is 14. The summed E-state index contributed by atoms with van der Waals surface area (Å²) < 4.78 is 0. The van der Waals surface area contributed by atoms with E-state index in [9.17, 15) is 68.1 Å². The number of amides is 8. The molecule has 1 aliphatic heterocycles. The zero-order valence-corrected chi connectivity index (χ0v) is 43.8. The molecule has 1 saturated heterocycles. The summed E-state index contributed by atoms with van der Waals surface area (Å²) in [6, 6.07) is -12.6. The van der Waals surface area contributed by atoms with Crippen molar-refractivity contribution in [1.82, 2.24) is 52.1 Å². The summed E-state index contributed by atoms with van der Waals surface area (Å²) >= 11 is 0. The van der Waals surface area contributed by atoms with Gasteiger partial charge in [0.15, 0.2) is 5.96 Å². The van der Waals surface area contributed by atoms with Crippen LogP contribution in [0.25, 0.3) is 0 Å². The lowest BCUT2D eigenvalue weighted by Crippen LogP contribution is -2.62. The number of carboxylic acid groups (broad SMARTS) is 3. The maximum absolute atomic E-state index is 14.3. The second-order valence-corrected chi connectivity index (χ2v) is 19.8. The van der Waals surface area contributed by atoms with Crippen molar-refractivity contribution in [2.75, 3.05) is 13.1 Å². The molecule has 10 atom stereocenters. The average molecular weight is 1060 g/mol. The van der Waals surface area contributed by atoms with Gasteiger partial charge in [0.05, 0.1) is 25.2 Å². The Morgan fingerprint density at radius 3 is 1.75 bits per heavy atom. The summed E-state index contributed by atoms with van der Waals surface area (Å²) in [7, 11) is 0. The monoisotopic (exact) mass is 1060 g/mol. The van der Waals surface area contributed by atoms with E-state index in [-0.39, 0.29) is 63.0 Å². The second kappa shape index (κ2) is 30.7. The normalized spacial score (nSPS) is 16.9. The minimum Gasteiger partial charge on any atom is -0.481 e. The smallest absolute Gasteiger partial charge is 0.326 e. The van der Waals surface area contributed by atoms with Crippen LogP contribution in [0, 0.1) is 23.7 Å². The van der Waals surface area contributed by atoms with Crippen molar-refractivity contribution in [3.05, 3.63) is 18.2 Å². The maximum atomic E-state index is 14.3. The quantitative estimate of drug-likeness (QED) is 0.0196. The Balaban J connectivity index is 2.36. The molecule has 8 amide bonds. The number of nitrogens with two attached hydrogens (primary N) is 3. The summed E-state index contributed by atoms with van der Waals surface area (Å²) in [4.78, 5) is 158. The van der Waals surface area contributed by atoms with Gasteiger partial charge in [-0.25, -0.2) is 9.78 Å². The van der Waals surface area contributed by atoms with Crippen molar-refractivity contribution < 1.29 is 68.1 Å². The molecule has 1 aromatic rings. The third kappa shape index (κ3) is 21.2. The van der Waals surface area contributed by atoms with Crippen LogP contribution >= 0.6 is 0 Å². The lowest BCUT2D eigenvalue weighted by atomic mass is 9.98. The number of H-pyrrole nitrogens is 1. The Morgan fingerprint density at radius 2 is 1.23 bits per heavy atom. The van der Waals surface area contributed by atoms with Crippen LogP contribution in [0.3, 0.4) is 0 Å². The zero-order chi connectivity index (χ0) is 56.9. The molecule has 17 N–H and O–H groups in total. The molecule has 1 aromatic heterocycles. The van der Waals surface area contributed by atoms with E-state index < -0.39 is 144 Å². The number of nitrogens with zero attached hydrogens (tertiary/aromatic N) is 3. The summed E-state index contributed by atoms with van der Waals surface area (Å²) in [6.07, 6.45) is 1.71. The molecule has 0 unspecified atom stereocenters. The molecule has 0 saturated carbocycles. The molecule has 28 nitrogen and oxygen atoms in total. The average Bonchev–Trinajstić information content (AvgIpc) is 4.04. The summed E-state index contributed by atoms with van der Waals surface area (Å²) in [6.45, 7) is 13.6. The molecule has 0 radical (unpaired) electrons. The Bertz CT molecular complexity index is 2180. The van der Waals surface area contributed by atoms with Crippen LogP contribution in [0.4, 0.5) is 0 Å². The van der Waals surface area contributed by atoms with E-state index >= 15 is 0 Å². The molecule has 28 heteroatoms. The zero-order valence-electron chi connectivity index (χ0n) is 43.8. The van der Waals surface area contributed by atoms with Gasteiger partial charge in [-0.2, -0.15) is 0 Å². The topological polar surface area (TPSA) is 455 Å². The number of imidazole rings is 1. The molecule has 0 spiro atoms. The van der Waals surface area contributed by atoms with Crippen LogP contribution in [0.1, 0.15) is 112 Å². The number of hydrogen-bond donors (Lipinski definition) is 14. The van der Waals surface area contributed by atoms with Gasteiger partial charge in [0, 0.05) is 31.4 Å². The van der Waals surface area contributed by atoms with Crippen LogP contribution in [-0.2, 0) is 59.2 Å². The highest BCUT2D eigenvalue weighted by Gasteiger charge is 2.42. The van der Waals surface area contributed by atoms with Crippen LogP contribution in [-0.4, -0.2) is 169 Å². The number of aliphatic carboxylic acids is 3. The predicted molar refractivity (Wildman–Crippen MR) is 269 cm³/mol. The van der Waals surface area contributed by atoms with E-state index in [0.29, 0.717) is 18.5 Å². The van der Waals surface area contributed by atoms with Crippen molar-refractivity contribution in [2.24, 2.45) is 45.9 Å². The Kier molecular flexibility index (Phi) is 26.1. The van der Waals surface area contributed by atoms with Gasteiger partial charge in [-0.15, -0.1) is 0 Å². The molecule has 1 fully saturated rings. The number of carboxylic acids is 3. The molecule has 0 aromatic carbocycles. The van der Waals surface area contributed by atoms with Crippen LogP contribution in [0.5, 0.6) is 0 Å². The van der Waals surface area contributed by atoms with Crippen molar-refractivity contribution >= 4 is 71.1 Å². The number of carbonyl (C=O) groups is 11. The van der Waals surface area contributed by atoms with Gasteiger partial charge in [0.2, 0.25) is 47.3 Å². The van der Waals surface area contributed by atoms with E-state index in [1.807, 2.05) is 0 Å². The van der Waals surface area contributed by atoms with Gasteiger partial charge in [-0.05, 0) is 55.8 Å². The van der Waals surface area contributed by atoms with Crippen molar-refractivity contribution in [1.29, 1.82) is 0 Å². The first-order chi connectivity index (χ1) is 35.1. The number of likely N-dealkylation sites (tertiary alicyclic amines) is 1. The van der Waals surface area contributed by atoms with E-state index in [0.717, 1.165) is 0 Å². The number of rotatable bonds is 32. The number of aliphatic imine (C=N–C) groups is 1. The molecule has 75 heavy (non-hydrogen) atoms. The number of aromatic amines is 1. The van der Waals surface area contributed by atoms with E-state index in [1.165, 1.54) is 17.4 Å². The Morgan fingerprint density at radius 1 is 0.707 bits per heavy atom. The fourth-order valence-electron chi connectivity index (χ4n) is 7.95. The van der Waals surface area contributed by atoms with E-state index in [2.05, 4.69) is 52.2 Å². The van der Waals surface area contributed by atoms with Gasteiger partial charge in [0.1, 0.15) is 48.3 Å².